The molecule has 0 bridgehead atoms. The molecule has 1 heterocycles. The summed E-state index contributed by atoms with van der Waals surface area (Å²) in [4.78, 5) is 16.3. The highest BCUT2D eigenvalue weighted by molar-refractivity contribution is 5.82. The lowest BCUT2D eigenvalue weighted by Gasteiger charge is -2.38. The first-order valence-corrected chi connectivity index (χ1v) is 7.23. The number of hydrogen-bond donors (Lipinski definition) is 2. The van der Waals surface area contributed by atoms with E-state index in [-0.39, 0.29) is 17.9 Å². The standard InChI is InChI=1S/C14H29N3O2/c1-5-11(2)12(15)13(18)17-8-6-16(7-9-17)10-14(3,4)19/h11-12,19H,5-10,15H2,1-4H3. The minimum absolute atomic E-state index is 0.0669. The number of rotatable bonds is 5. The first kappa shape index (κ1) is 16.4. The fourth-order valence-electron chi connectivity index (χ4n) is 2.38. The molecule has 0 radical (unpaired) electrons. The fourth-order valence-corrected chi connectivity index (χ4v) is 2.38. The Labute approximate surface area is 116 Å². The van der Waals surface area contributed by atoms with E-state index in [1.54, 1.807) is 0 Å². The summed E-state index contributed by atoms with van der Waals surface area (Å²) in [7, 11) is 0. The van der Waals surface area contributed by atoms with E-state index in [1.807, 2.05) is 25.7 Å². The monoisotopic (exact) mass is 271 g/mol. The van der Waals surface area contributed by atoms with Crippen molar-refractivity contribution in [2.75, 3.05) is 32.7 Å². The van der Waals surface area contributed by atoms with Gasteiger partial charge in [0.05, 0.1) is 11.6 Å². The van der Waals surface area contributed by atoms with E-state index in [0.29, 0.717) is 19.6 Å². The van der Waals surface area contributed by atoms with Crippen LogP contribution in [0.15, 0.2) is 0 Å². The van der Waals surface area contributed by atoms with Crippen molar-refractivity contribution in [2.45, 2.75) is 45.8 Å². The molecule has 0 aromatic heterocycles. The topological polar surface area (TPSA) is 69.8 Å². The van der Waals surface area contributed by atoms with Gasteiger partial charge < -0.3 is 15.7 Å². The van der Waals surface area contributed by atoms with E-state index in [1.165, 1.54) is 0 Å². The van der Waals surface area contributed by atoms with Gasteiger partial charge >= 0.3 is 0 Å². The zero-order valence-electron chi connectivity index (χ0n) is 12.7. The van der Waals surface area contributed by atoms with Gasteiger partial charge in [-0.15, -0.1) is 0 Å². The quantitative estimate of drug-likeness (QED) is 0.753. The summed E-state index contributed by atoms with van der Waals surface area (Å²) in [6, 6.07) is -0.383. The smallest absolute Gasteiger partial charge is 0.239 e. The molecule has 1 fully saturated rings. The van der Waals surface area contributed by atoms with E-state index < -0.39 is 5.60 Å². The van der Waals surface area contributed by atoms with Gasteiger partial charge in [-0.1, -0.05) is 20.3 Å². The zero-order valence-corrected chi connectivity index (χ0v) is 12.7. The van der Waals surface area contributed by atoms with Crippen molar-refractivity contribution in [1.29, 1.82) is 0 Å². The first-order valence-electron chi connectivity index (χ1n) is 7.23. The Morgan fingerprint density at radius 1 is 1.32 bits per heavy atom. The Morgan fingerprint density at radius 3 is 2.26 bits per heavy atom. The van der Waals surface area contributed by atoms with Crippen LogP contribution in [0.1, 0.15) is 34.1 Å². The second-order valence-corrected chi connectivity index (χ2v) is 6.33. The van der Waals surface area contributed by atoms with Crippen molar-refractivity contribution < 1.29 is 9.90 Å². The summed E-state index contributed by atoms with van der Waals surface area (Å²) in [5.74, 6) is 0.291. The van der Waals surface area contributed by atoms with Gasteiger partial charge in [-0.25, -0.2) is 0 Å². The minimum Gasteiger partial charge on any atom is -0.389 e. The maximum Gasteiger partial charge on any atom is 0.239 e. The Balaban J connectivity index is 2.43. The van der Waals surface area contributed by atoms with E-state index in [9.17, 15) is 9.90 Å². The lowest BCUT2D eigenvalue weighted by atomic mass is 9.98. The average Bonchev–Trinajstić information content (AvgIpc) is 2.35. The van der Waals surface area contributed by atoms with Crippen LogP contribution in [0.4, 0.5) is 0 Å². The van der Waals surface area contributed by atoms with Gasteiger partial charge in [0, 0.05) is 32.7 Å². The lowest BCUT2D eigenvalue weighted by molar-refractivity contribution is -0.135. The van der Waals surface area contributed by atoms with Gasteiger partial charge in [-0.3, -0.25) is 9.69 Å². The number of carbonyl (C=O) groups excluding carboxylic acids is 1. The summed E-state index contributed by atoms with van der Waals surface area (Å²) in [6.45, 7) is 11.4. The lowest BCUT2D eigenvalue weighted by Crippen LogP contribution is -2.56. The maximum absolute atomic E-state index is 12.2. The highest BCUT2D eigenvalue weighted by Crippen LogP contribution is 2.12. The fraction of sp³-hybridized carbons (Fsp3) is 0.929. The van der Waals surface area contributed by atoms with Gasteiger partial charge in [-0.2, -0.15) is 0 Å². The van der Waals surface area contributed by atoms with Crippen molar-refractivity contribution in [3.63, 3.8) is 0 Å². The maximum atomic E-state index is 12.2. The number of hydrogen-bond acceptors (Lipinski definition) is 4. The van der Waals surface area contributed by atoms with Crippen LogP contribution in [-0.2, 0) is 4.79 Å². The molecule has 1 amide bonds. The number of nitrogens with two attached hydrogens (primary N) is 1. The number of β-amino-alcohol motifs (C(OH)–C–C–N with tert-alkyl or cyclic N) is 1. The molecule has 1 aliphatic heterocycles. The number of amides is 1. The number of nitrogens with zero attached hydrogens (tertiary/aromatic N) is 2. The van der Waals surface area contributed by atoms with Gasteiger partial charge in [0.15, 0.2) is 0 Å². The zero-order chi connectivity index (χ0) is 14.6. The van der Waals surface area contributed by atoms with Crippen LogP contribution in [0, 0.1) is 5.92 Å². The van der Waals surface area contributed by atoms with Crippen LogP contribution in [0.5, 0.6) is 0 Å². The van der Waals surface area contributed by atoms with E-state index >= 15 is 0 Å². The summed E-state index contributed by atoms with van der Waals surface area (Å²) in [5, 5.41) is 9.80. The molecule has 0 spiro atoms. The average molecular weight is 271 g/mol. The Bertz CT molecular complexity index is 294. The molecule has 0 saturated carbocycles. The predicted octanol–water partition coefficient (Wildman–Crippen LogP) is 0.275. The Kier molecular flexibility index (Phi) is 5.77. The molecule has 1 rings (SSSR count). The summed E-state index contributed by atoms with van der Waals surface area (Å²) in [6.07, 6.45) is 0.922. The molecule has 3 N–H and O–H groups in total. The van der Waals surface area contributed by atoms with Crippen LogP contribution < -0.4 is 5.73 Å². The largest absolute Gasteiger partial charge is 0.389 e. The van der Waals surface area contributed by atoms with Crippen molar-refractivity contribution in [2.24, 2.45) is 11.7 Å². The van der Waals surface area contributed by atoms with Crippen LogP contribution in [0.25, 0.3) is 0 Å². The van der Waals surface area contributed by atoms with Crippen LogP contribution in [-0.4, -0.2) is 65.2 Å². The third-order valence-electron chi connectivity index (χ3n) is 3.84. The minimum atomic E-state index is -0.681. The molecule has 1 saturated heterocycles. The highest BCUT2D eigenvalue weighted by Gasteiger charge is 2.29. The molecule has 2 unspecified atom stereocenters. The molecular formula is C14H29N3O2. The molecular weight excluding hydrogens is 242 g/mol. The number of piperazine rings is 1. The van der Waals surface area contributed by atoms with E-state index in [2.05, 4.69) is 11.8 Å². The van der Waals surface area contributed by atoms with Crippen LogP contribution >= 0.6 is 0 Å². The summed E-state index contributed by atoms with van der Waals surface area (Å²) >= 11 is 0. The summed E-state index contributed by atoms with van der Waals surface area (Å²) in [5.41, 5.74) is 5.31. The predicted molar refractivity (Wildman–Crippen MR) is 76.7 cm³/mol. The highest BCUT2D eigenvalue weighted by atomic mass is 16.3. The normalized spacial score (nSPS) is 21.3. The van der Waals surface area contributed by atoms with Crippen LogP contribution in [0.3, 0.4) is 0 Å². The second-order valence-electron chi connectivity index (χ2n) is 6.33. The van der Waals surface area contributed by atoms with Gasteiger partial charge in [0.25, 0.3) is 0 Å². The van der Waals surface area contributed by atoms with Crippen molar-refractivity contribution in [1.82, 2.24) is 9.80 Å². The molecule has 112 valence electrons. The Morgan fingerprint density at radius 2 is 1.84 bits per heavy atom. The number of aliphatic hydroxyl groups is 1. The third-order valence-corrected chi connectivity index (χ3v) is 3.84. The second kappa shape index (κ2) is 6.68. The molecule has 5 heteroatoms. The first-order chi connectivity index (χ1) is 8.74. The van der Waals surface area contributed by atoms with E-state index in [4.69, 9.17) is 5.73 Å². The molecule has 19 heavy (non-hydrogen) atoms. The van der Waals surface area contributed by atoms with Crippen molar-refractivity contribution >= 4 is 5.91 Å². The SMILES string of the molecule is CCC(C)C(N)C(=O)N1CCN(CC(C)(C)O)CC1. The van der Waals surface area contributed by atoms with Gasteiger partial charge in [-0.05, 0) is 19.8 Å². The van der Waals surface area contributed by atoms with Crippen molar-refractivity contribution in [3.05, 3.63) is 0 Å². The van der Waals surface area contributed by atoms with Crippen molar-refractivity contribution in [3.8, 4) is 0 Å². The van der Waals surface area contributed by atoms with Gasteiger partial charge in [0.1, 0.15) is 0 Å². The number of carbonyl (C=O) groups is 1. The molecule has 0 aromatic carbocycles. The molecule has 5 nitrogen and oxygen atoms in total. The molecule has 1 aliphatic rings. The molecule has 2 atom stereocenters. The summed E-state index contributed by atoms with van der Waals surface area (Å²) < 4.78 is 0. The van der Waals surface area contributed by atoms with Gasteiger partial charge in [0.2, 0.25) is 5.91 Å². The molecule has 0 aromatic rings. The Hall–Kier alpha value is -0.650. The van der Waals surface area contributed by atoms with Crippen LogP contribution in [0.2, 0.25) is 0 Å². The molecule has 0 aliphatic carbocycles. The van der Waals surface area contributed by atoms with E-state index in [0.717, 1.165) is 19.5 Å². The third kappa shape index (κ3) is 5.09.